The number of nitrogens with zero attached hydrogens (tertiary/aromatic N) is 4. The van der Waals surface area contributed by atoms with Gasteiger partial charge in [0, 0.05) is 23.4 Å². The van der Waals surface area contributed by atoms with Crippen molar-refractivity contribution in [3.8, 4) is 0 Å². The summed E-state index contributed by atoms with van der Waals surface area (Å²) in [6.45, 7) is 0. The Bertz CT molecular complexity index is 762. The van der Waals surface area contributed by atoms with Gasteiger partial charge in [0.25, 0.3) is 5.78 Å². The topological polar surface area (TPSA) is 60.2 Å². The number of Topliss-reactive ketones (excluding diaryl/α,β-unsaturated/α-hetero) is 1. The van der Waals surface area contributed by atoms with E-state index in [1.54, 1.807) is 22.0 Å². The lowest BCUT2D eigenvalue weighted by Gasteiger charge is -2.21. The fourth-order valence-electron chi connectivity index (χ4n) is 2.55. The van der Waals surface area contributed by atoms with E-state index < -0.39 is 0 Å². The molecule has 0 aromatic carbocycles. The van der Waals surface area contributed by atoms with E-state index in [0.29, 0.717) is 17.8 Å². The monoisotopic (exact) mass is 270 g/mol. The number of fused-ring (bicyclic) bond motifs is 2. The zero-order chi connectivity index (χ0) is 12.8. The summed E-state index contributed by atoms with van der Waals surface area (Å²) in [7, 11) is 0. The van der Waals surface area contributed by atoms with Crippen LogP contribution in [0.15, 0.2) is 30.0 Å². The van der Waals surface area contributed by atoms with E-state index in [1.165, 1.54) is 11.2 Å². The third kappa shape index (κ3) is 1.67. The summed E-state index contributed by atoms with van der Waals surface area (Å²) in [5, 5.41) is 6.07. The average Bonchev–Trinajstić information content (AvgIpc) is 3.07. The quantitative estimate of drug-likeness (QED) is 0.679. The molecule has 0 amide bonds. The highest BCUT2D eigenvalue weighted by Crippen LogP contribution is 2.33. The Labute approximate surface area is 112 Å². The highest BCUT2D eigenvalue weighted by molar-refractivity contribution is 7.10. The van der Waals surface area contributed by atoms with Crippen molar-refractivity contribution in [2.75, 3.05) is 0 Å². The van der Waals surface area contributed by atoms with Crippen molar-refractivity contribution in [1.82, 2.24) is 19.6 Å². The van der Waals surface area contributed by atoms with E-state index in [4.69, 9.17) is 0 Å². The van der Waals surface area contributed by atoms with E-state index in [9.17, 15) is 4.79 Å². The standard InChI is InChI=1S/C13H10N4OS/c18-11-5-8(12-2-1-3-19-12)4-10-9(11)6-17-13(16-10)14-7-15-17/h1-3,6-8H,4-5H2/t8-/m1/s1. The Morgan fingerprint density at radius 2 is 2.32 bits per heavy atom. The van der Waals surface area contributed by atoms with Gasteiger partial charge in [-0.05, 0) is 17.9 Å². The summed E-state index contributed by atoms with van der Waals surface area (Å²) in [6, 6.07) is 4.11. The van der Waals surface area contributed by atoms with Gasteiger partial charge in [0.15, 0.2) is 5.78 Å². The lowest BCUT2D eigenvalue weighted by molar-refractivity contribution is 0.0963. The molecule has 3 aromatic rings. The minimum Gasteiger partial charge on any atom is -0.294 e. The second kappa shape index (κ2) is 3.96. The molecule has 0 N–H and O–H groups in total. The molecule has 0 radical (unpaired) electrons. The normalized spacial score (nSPS) is 18.7. The minimum absolute atomic E-state index is 0.143. The van der Waals surface area contributed by atoms with Crippen LogP contribution in [0.4, 0.5) is 0 Å². The van der Waals surface area contributed by atoms with Crippen molar-refractivity contribution in [2.45, 2.75) is 18.8 Å². The molecule has 1 atom stereocenters. The van der Waals surface area contributed by atoms with E-state index in [1.807, 2.05) is 11.4 Å². The largest absolute Gasteiger partial charge is 0.294 e. The molecule has 19 heavy (non-hydrogen) atoms. The first-order valence-corrected chi connectivity index (χ1v) is 6.95. The molecule has 0 spiro atoms. The smallest absolute Gasteiger partial charge is 0.252 e. The summed E-state index contributed by atoms with van der Waals surface area (Å²) in [6.07, 6.45) is 4.55. The number of hydrogen-bond acceptors (Lipinski definition) is 5. The molecule has 0 fully saturated rings. The number of rotatable bonds is 1. The molecule has 1 aliphatic carbocycles. The predicted molar refractivity (Wildman–Crippen MR) is 70.5 cm³/mol. The Morgan fingerprint density at radius 3 is 3.16 bits per heavy atom. The molecule has 0 aliphatic heterocycles. The van der Waals surface area contributed by atoms with Crippen LogP contribution < -0.4 is 0 Å². The zero-order valence-electron chi connectivity index (χ0n) is 9.98. The first-order valence-electron chi connectivity index (χ1n) is 6.07. The molecule has 1 aliphatic rings. The van der Waals surface area contributed by atoms with Gasteiger partial charge in [0.2, 0.25) is 0 Å². The van der Waals surface area contributed by atoms with Crippen molar-refractivity contribution in [2.24, 2.45) is 0 Å². The van der Waals surface area contributed by atoms with Crippen molar-refractivity contribution in [1.29, 1.82) is 0 Å². The molecule has 0 bridgehead atoms. The van der Waals surface area contributed by atoms with E-state index in [0.717, 1.165) is 12.1 Å². The van der Waals surface area contributed by atoms with Gasteiger partial charge in [0.05, 0.1) is 11.3 Å². The van der Waals surface area contributed by atoms with E-state index in [2.05, 4.69) is 21.1 Å². The van der Waals surface area contributed by atoms with Crippen LogP contribution in [0.3, 0.4) is 0 Å². The molecular weight excluding hydrogens is 260 g/mol. The third-order valence-electron chi connectivity index (χ3n) is 3.47. The Balaban J connectivity index is 1.82. The fraction of sp³-hybridized carbons (Fsp3) is 0.231. The van der Waals surface area contributed by atoms with Gasteiger partial charge in [-0.15, -0.1) is 11.3 Å². The molecule has 3 heterocycles. The summed E-state index contributed by atoms with van der Waals surface area (Å²) >= 11 is 1.70. The van der Waals surface area contributed by atoms with Crippen LogP contribution in [0, 0.1) is 0 Å². The summed E-state index contributed by atoms with van der Waals surface area (Å²) in [4.78, 5) is 22.0. The van der Waals surface area contributed by atoms with Crippen LogP contribution in [0.25, 0.3) is 5.78 Å². The fourth-order valence-corrected chi connectivity index (χ4v) is 3.38. The molecule has 4 rings (SSSR count). The Kier molecular flexibility index (Phi) is 2.25. The van der Waals surface area contributed by atoms with Crippen molar-refractivity contribution >= 4 is 22.9 Å². The predicted octanol–water partition coefficient (Wildman–Crippen LogP) is 2.10. The molecule has 0 saturated carbocycles. The Hall–Kier alpha value is -2.08. The Morgan fingerprint density at radius 1 is 1.37 bits per heavy atom. The third-order valence-corrected chi connectivity index (χ3v) is 4.50. The van der Waals surface area contributed by atoms with Gasteiger partial charge >= 0.3 is 0 Å². The molecule has 5 nitrogen and oxygen atoms in total. The van der Waals surface area contributed by atoms with Crippen LogP contribution in [-0.4, -0.2) is 25.4 Å². The van der Waals surface area contributed by atoms with Crippen LogP contribution in [0.5, 0.6) is 0 Å². The van der Waals surface area contributed by atoms with E-state index in [-0.39, 0.29) is 11.7 Å². The zero-order valence-corrected chi connectivity index (χ0v) is 10.8. The number of hydrogen-bond donors (Lipinski definition) is 0. The van der Waals surface area contributed by atoms with Gasteiger partial charge in [-0.3, -0.25) is 4.79 Å². The lowest BCUT2D eigenvalue weighted by Crippen LogP contribution is -2.20. The molecule has 94 valence electrons. The number of carbonyl (C=O) groups excluding carboxylic acids is 1. The number of thiophene rings is 1. The van der Waals surface area contributed by atoms with Crippen molar-refractivity contribution in [3.05, 3.63) is 46.2 Å². The van der Waals surface area contributed by atoms with Crippen molar-refractivity contribution < 1.29 is 4.79 Å². The van der Waals surface area contributed by atoms with Crippen LogP contribution in [0.1, 0.15) is 33.3 Å². The number of carbonyl (C=O) groups is 1. The van der Waals surface area contributed by atoms with Crippen LogP contribution in [-0.2, 0) is 6.42 Å². The van der Waals surface area contributed by atoms with Gasteiger partial charge in [-0.2, -0.15) is 10.1 Å². The molecule has 3 aromatic heterocycles. The summed E-state index contributed by atoms with van der Waals surface area (Å²) in [5.41, 5.74) is 1.53. The molecular formula is C13H10N4OS. The van der Waals surface area contributed by atoms with E-state index >= 15 is 0 Å². The molecule has 0 saturated heterocycles. The summed E-state index contributed by atoms with van der Waals surface area (Å²) in [5.74, 6) is 0.945. The maximum atomic E-state index is 12.3. The number of ketones is 1. The molecule has 6 heteroatoms. The highest BCUT2D eigenvalue weighted by Gasteiger charge is 2.28. The van der Waals surface area contributed by atoms with Gasteiger partial charge in [-0.25, -0.2) is 9.50 Å². The van der Waals surface area contributed by atoms with Gasteiger partial charge in [-0.1, -0.05) is 6.07 Å². The van der Waals surface area contributed by atoms with Gasteiger partial charge < -0.3 is 0 Å². The highest BCUT2D eigenvalue weighted by atomic mass is 32.1. The molecule has 0 unspecified atom stereocenters. The second-order valence-electron chi connectivity index (χ2n) is 4.65. The average molecular weight is 270 g/mol. The lowest BCUT2D eigenvalue weighted by atomic mass is 9.86. The first-order chi connectivity index (χ1) is 9.31. The van der Waals surface area contributed by atoms with Crippen LogP contribution in [0.2, 0.25) is 0 Å². The second-order valence-corrected chi connectivity index (χ2v) is 5.63. The van der Waals surface area contributed by atoms with Gasteiger partial charge in [0.1, 0.15) is 6.33 Å². The summed E-state index contributed by atoms with van der Waals surface area (Å²) < 4.78 is 1.56. The van der Waals surface area contributed by atoms with Crippen molar-refractivity contribution in [3.63, 3.8) is 0 Å². The SMILES string of the molecule is O=C1C[C@H](c2cccs2)Cc2nc3ncnn3cc21. The van der Waals surface area contributed by atoms with Crippen LogP contribution >= 0.6 is 11.3 Å². The maximum Gasteiger partial charge on any atom is 0.252 e. The maximum absolute atomic E-state index is 12.3. The first kappa shape index (κ1) is 10.8. The minimum atomic E-state index is 0.143. The number of aromatic nitrogens is 4.